The molecule has 0 aliphatic heterocycles. The van der Waals surface area contributed by atoms with Crippen molar-refractivity contribution in [3.63, 3.8) is 0 Å². The summed E-state index contributed by atoms with van der Waals surface area (Å²) in [6.07, 6.45) is 1.63. The zero-order valence-electron chi connectivity index (χ0n) is 13.1. The molecule has 1 amide bonds. The van der Waals surface area contributed by atoms with E-state index in [1.807, 2.05) is 47.8 Å². The van der Waals surface area contributed by atoms with E-state index in [2.05, 4.69) is 20.8 Å². The van der Waals surface area contributed by atoms with Crippen molar-refractivity contribution in [2.45, 2.75) is 0 Å². The van der Waals surface area contributed by atoms with Gasteiger partial charge in [0.25, 0.3) is 0 Å². The van der Waals surface area contributed by atoms with Gasteiger partial charge in [0.15, 0.2) is 5.13 Å². The van der Waals surface area contributed by atoms with Gasteiger partial charge in [-0.2, -0.15) is 5.10 Å². The normalized spacial score (nSPS) is 10.8. The topological polar surface area (TPSA) is 66.4 Å². The third kappa shape index (κ3) is 5.14. The first-order valence-electron chi connectivity index (χ1n) is 7.53. The molecule has 2 aromatic carbocycles. The van der Waals surface area contributed by atoms with Crippen molar-refractivity contribution in [2.75, 3.05) is 11.9 Å². The van der Waals surface area contributed by atoms with E-state index < -0.39 is 0 Å². The Morgan fingerprint density at radius 1 is 1.16 bits per heavy atom. The number of carbonyl (C=O) groups is 1. The lowest BCUT2D eigenvalue weighted by Gasteiger charge is -2.01. The molecule has 0 atom stereocenters. The van der Waals surface area contributed by atoms with Crippen LogP contribution >= 0.6 is 22.9 Å². The zero-order chi connectivity index (χ0) is 17.5. The maximum Gasteiger partial charge on any atom is 0.247 e. The minimum absolute atomic E-state index is 0.0599. The average molecular weight is 371 g/mol. The van der Waals surface area contributed by atoms with Crippen LogP contribution in [0.1, 0.15) is 5.56 Å². The number of rotatable bonds is 6. The largest absolute Gasteiger partial charge is 0.301 e. The summed E-state index contributed by atoms with van der Waals surface area (Å²) in [6, 6.07) is 17.1. The lowest BCUT2D eigenvalue weighted by molar-refractivity contribution is -0.115. The highest BCUT2D eigenvalue weighted by atomic mass is 35.5. The van der Waals surface area contributed by atoms with Crippen molar-refractivity contribution in [1.29, 1.82) is 0 Å². The maximum atomic E-state index is 11.9. The number of aromatic nitrogens is 1. The number of nitrogens with zero attached hydrogens (tertiary/aromatic N) is 2. The summed E-state index contributed by atoms with van der Waals surface area (Å²) in [6.45, 7) is 0.0599. The van der Waals surface area contributed by atoms with Crippen LogP contribution in [0, 0.1) is 0 Å². The minimum Gasteiger partial charge on any atom is -0.301 e. The Bertz CT molecular complexity index is 862. The highest BCUT2D eigenvalue weighted by molar-refractivity contribution is 7.14. The smallest absolute Gasteiger partial charge is 0.247 e. The van der Waals surface area contributed by atoms with Crippen LogP contribution in [0.3, 0.4) is 0 Å². The van der Waals surface area contributed by atoms with E-state index in [4.69, 9.17) is 11.6 Å². The van der Waals surface area contributed by atoms with E-state index >= 15 is 0 Å². The molecule has 3 rings (SSSR count). The van der Waals surface area contributed by atoms with Gasteiger partial charge in [-0.3, -0.25) is 4.79 Å². The Kier molecular flexibility index (Phi) is 5.77. The predicted octanol–water partition coefficient (Wildman–Crippen LogP) is 4.03. The number of benzene rings is 2. The fourth-order valence-corrected chi connectivity index (χ4v) is 2.88. The van der Waals surface area contributed by atoms with Gasteiger partial charge in [0.05, 0.1) is 11.9 Å². The molecule has 0 saturated heterocycles. The highest BCUT2D eigenvalue weighted by Gasteiger charge is 2.07. The Labute approximate surface area is 154 Å². The van der Waals surface area contributed by atoms with E-state index in [1.54, 1.807) is 18.3 Å². The number of amides is 1. The lowest BCUT2D eigenvalue weighted by Crippen LogP contribution is -2.24. The van der Waals surface area contributed by atoms with Crippen LogP contribution in [0.15, 0.2) is 65.1 Å². The second kappa shape index (κ2) is 8.41. The number of hydrazone groups is 1. The number of hydrogen-bond donors (Lipinski definition) is 2. The maximum absolute atomic E-state index is 11.9. The van der Waals surface area contributed by atoms with Crippen molar-refractivity contribution in [3.8, 4) is 11.3 Å². The number of anilines is 1. The average Bonchev–Trinajstić information content (AvgIpc) is 3.09. The van der Waals surface area contributed by atoms with Crippen LogP contribution in [0.25, 0.3) is 11.3 Å². The van der Waals surface area contributed by atoms with Crippen LogP contribution < -0.4 is 10.7 Å². The van der Waals surface area contributed by atoms with Gasteiger partial charge in [0.2, 0.25) is 5.91 Å². The van der Waals surface area contributed by atoms with Crippen LogP contribution in [0.2, 0.25) is 5.02 Å². The van der Waals surface area contributed by atoms with Crippen molar-refractivity contribution in [2.24, 2.45) is 5.10 Å². The second-order valence-electron chi connectivity index (χ2n) is 5.10. The molecule has 1 aromatic heterocycles. The molecule has 7 heteroatoms. The Balaban J connectivity index is 1.48. The molecule has 0 fully saturated rings. The first-order chi connectivity index (χ1) is 12.2. The van der Waals surface area contributed by atoms with Crippen LogP contribution in [0.5, 0.6) is 0 Å². The molecule has 0 unspecified atom stereocenters. The quantitative estimate of drug-likeness (QED) is 0.508. The summed E-state index contributed by atoms with van der Waals surface area (Å²) < 4.78 is 0. The molecule has 0 radical (unpaired) electrons. The second-order valence-corrected chi connectivity index (χ2v) is 6.39. The summed E-state index contributed by atoms with van der Waals surface area (Å²) in [5.41, 5.74) is 5.46. The molecule has 0 saturated carbocycles. The monoisotopic (exact) mass is 370 g/mol. The molecule has 126 valence electrons. The molecule has 0 aliphatic rings. The molecular weight excluding hydrogens is 356 g/mol. The number of carbonyl (C=O) groups excluding carboxylic acids is 1. The fourth-order valence-electron chi connectivity index (χ4n) is 2.02. The molecule has 0 bridgehead atoms. The first kappa shape index (κ1) is 17.1. The molecule has 1 heterocycles. The van der Waals surface area contributed by atoms with Crippen molar-refractivity contribution in [3.05, 3.63) is 70.6 Å². The number of hydrogen-bond acceptors (Lipinski definition) is 5. The Morgan fingerprint density at radius 3 is 2.68 bits per heavy atom. The predicted molar refractivity (Wildman–Crippen MR) is 103 cm³/mol. The van der Waals surface area contributed by atoms with Crippen LogP contribution in [-0.4, -0.2) is 23.7 Å². The molecular formula is C18H15ClN4OS. The van der Waals surface area contributed by atoms with Crippen LogP contribution in [0.4, 0.5) is 5.13 Å². The van der Waals surface area contributed by atoms with Gasteiger partial charge in [-0.05, 0) is 17.7 Å². The first-order valence-corrected chi connectivity index (χ1v) is 8.79. The van der Waals surface area contributed by atoms with Gasteiger partial charge in [-0.1, -0.05) is 54.1 Å². The van der Waals surface area contributed by atoms with E-state index in [0.717, 1.165) is 16.8 Å². The third-order valence-corrected chi connectivity index (χ3v) is 4.24. The van der Waals surface area contributed by atoms with Gasteiger partial charge in [0, 0.05) is 16.0 Å². The Hall–Kier alpha value is -2.70. The van der Waals surface area contributed by atoms with E-state index in [9.17, 15) is 4.79 Å². The zero-order valence-corrected chi connectivity index (χ0v) is 14.7. The van der Waals surface area contributed by atoms with Gasteiger partial charge in [-0.25, -0.2) is 4.98 Å². The Morgan fingerprint density at radius 2 is 1.92 bits per heavy atom. The molecule has 3 aromatic rings. The summed E-state index contributed by atoms with van der Waals surface area (Å²) in [4.78, 5) is 16.3. The molecule has 0 spiro atoms. The number of nitrogens with one attached hydrogen (secondary N) is 2. The van der Waals surface area contributed by atoms with Gasteiger partial charge >= 0.3 is 0 Å². The standard InChI is InChI=1S/C18H15ClN4OS/c19-15-8-6-13(7-9-15)10-20-21-11-17(24)23-18-22-16(12-25-18)14-4-2-1-3-5-14/h1-10,12,21H,11H2,(H,22,23,24)/b20-10+. The van der Waals surface area contributed by atoms with Crippen molar-refractivity contribution in [1.82, 2.24) is 10.4 Å². The van der Waals surface area contributed by atoms with Crippen molar-refractivity contribution < 1.29 is 4.79 Å². The van der Waals surface area contributed by atoms with Crippen LogP contribution in [-0.2, 0) is 4.79 Å². The summed E-state index contributed by atoms with van der Waals surface area (Å²) in [7, 11) is 0. The minimum atomic E-state index is -0.206. The molecule has 0 aliphatic carbocycles. The van der Waals surface area contributed by atoms with E-state index in [-0.39, 0.29) is 12.5 Å². The fraction of sp³-hybridized carbons (Fsp3) is 0.0556. The van der Waals surface area contributed by atoms with Gasteiger partial charge in [-0.15, -0.1) is 11.3 Å². The molecule has 25 heavy (non-hydrogen) atoms. The van der Waals surface area contributed by atoms with E-state index in [0.29, 0.717) is 10.2 Å². The third-order valence-electron chi connectivity index (χ3n) is 3.23. The van der Waals surface area contributed by atoms with Crippen molar-refractivity contribution >= 4 is 40.2 Å². The molecule has 2 N–H and O–H groups in total. The number of thiazole rings is 1. The summed E-state index contributed by atoms with van der Waals surface area (Å²) >= 11 is 7.20. The SMILES string of the molecule is O=C(CN/N=C/c1ccc(Cl)cc1)Nc1nc(-c2ccccc2)cs1. The van der Waals surface area contributed by atoms with Gasteiger partial charge in [0.1, 0.15) is 6.54 Å². The molecule has 5 nitrogen and oxygen atoms in total. The van der Waals surface area contributed by atoms with Gasteiger partial charge < -0.3 is 10.7 Å². The van der Waals surface area contributed by atoms with E-state index in [1.165, 1.54) is 11.3 Å². The lowest BCUT2D eigenvalue weighted by atomic mass is 10.2. The number of halogens is 1. The summed E-state index contributed by atoms with van der Waals surface area (Å²) in [5.74, 6) is -0.206. The summed E-state index contributed by atoms with van der Waals surface area (Å²) in [5, 5.41) is 9.91. The highest BCUT2D eigenvalue weighted by Crippen LogP contribution is 2.24.